The Labute approximate surface area is 101 Å². The Balaban J connectivity index is 3.12. The third-order valence-corrected chi connectivity index (χ3v) is 2.54. The summed E-state index contributed by atoms with van der Waals surface area (Å²) in [6.45, 7) is 10.1. The predicted octanol–water partition coefficient (Wildman–Crippen LogP) is 2.45. The van der Waals surface area contributed by atoms with Gasteiger partial charge >= 0.3 is 0 Å². The Hall–Kier alpha value is -0.120. The predicted molar refractivity (Wildman–Crippen MR) is 68.8 cm³/mol. The van der Waals surface area contributed by atoms with Gasteiger partial charge in [0, 0.05) is 19.8 Å². The van der Waals surface area contributed by atoms with E-state index in [1.165, 1.54) is 12.8 Å². The van der Waals surface area contributed by atoms with Gasteiger partial charge in [0.25, 0.3) is 0 Å². The summed E-state index contributed by atoms with van der Waals surface area (Å²) in [5.74, 6) is 0.765. The van der Waals surface area contributed by atoms with Gasteiger partial charge in [-0.25, -0.2) is 0 Å². The van der Waals surface area contributed by atoms with E-state index in [0.717, 1.165) is 32.1 Å². The number of ether oxygens (including phenoxy) is 2. The van der Waals surface area contributed by atoms with Gasteiger partial charge in [-0.3, -0.25) is 0 Å². The van der Waals surface area contributed by atoms with E-state index in [1.807, 2.05) is 0 Å². The van der Waals surface area contributed by atoms with Gasteiger partial charge in [0.1, 0.15) is 0 Å². The molecule has 0 aliphatic heterocycles. The molecule has 0 aromatic carbocycles. The van der Waals surface area contributed by atoms with E-state index < -0.39 is 0 Å². The number of hydrogen-bond acceptors (Lipinski definition) is 3. The Bertz CT molecular complexity index is 140. The van der Waals surface area contributed by atoms with Gasteiger partial charge in [0.05, 0.1) is 13.2 Å². The van der Waals surface area contributed by atoms with Crippen molar-refractivity contribution in [2.75, 3.05) is 33.5 Å². The molecule has 1 unspecified atom stereocenters. The molecule has 16 heavy (non-hydrogen) atoms. The average molecular weight is 231 g/mol. The van der Waals surface area contributed by atoms with Crippen LogP contribution in [0.25, 0.3) is 0 Å². The maximum atomic E-state index is 5.41. The molecule has 0 rings (SSSR count). The van der Waals surface area contributed by atoms with Crippen molar-refractivity contribution in [3.8, 4) is 0 Å². The molecular weight excluding hydrogens is 202 g/mol. The molecule has 0 saturated carbocycles. The van der Waals surface area contributed by atoms with E-state index in [-0.39, 0.29) is 0 Å². The van der Waals surface area contributed by atoms with Gasteiger partial charge in [0.15, 0.2) is 0 Å². The molecule has 0 aromatic heterocycles. The van der Waals surface area contributed by atoms with Crippen molar-refractivity contribution < 1.29 is 9.47 Å². The molecule has 0 bridgehead atoms. The first-order chi connectivity index (χ1) is 7.66. The monoisotopic (exact) mass is 231 g/mol. The molecule has 0 aliphatic rings. The van der Waals surface area contributed by atoms with Crippen molar-refractivity contribution in [2.24, 2.45) is 5.92 Å². The summed E-state index contributed by atoms with van der Waals surface area (Å²) in [6.07, 6.45) is 3.71. The molecule has 0 aromatic rings. The minimum absolute atomic E-state index is 0.597. The molecule has 0 aliphatic carbocycles. The number of methoxy groups -OCH3 is 1. The van der Waals surface area contributed by atoms with Crippen LogP contribution in [-0.4, -0.2) is 39.5 Å². The van der Waals surface area contributed by atoms with Crippen LogP contribution in [0.15, 0.2) is 0 Å². The van der Waals surface area contributed by atoms with E-state index in [4.69, 9.17) is 9.47 Å². The lowest BCUT2D eigenvalue weighted by Gasteiger charge is -2.14. The Morgan fingerprint density at radius 3 is 2.38 bits per heavy atom. The van der Waals surface area contributed by atoms with Crippen LogP contribution in [0.3, 0.4) is 0 Å². The zero-order valence-electron chi connectivity index (χ0n) is 11.4. The second kappa shape index (κ2) is 11.4. The summed E-state index contributed by atoms with van der Waals surface area (Å²) in [5, 5.41) is 3.47. The van der Waals surface area contributed by atoms with E-state index in [2.05, 4.69) is 26.1 Å². The standard InChI is InChI=1S/C13H29NO2/c1-12(2)14-11-13(3)7-5-6-8-16-10-9-15-4/h12-14H,5-11H2,1-4H3. The molecular formula is C13H29NO2. The maximum Gasteiger partial charge on any atom is 0.0700 e. The Kier molecular flexibility index (Phi) is 11.3. The fourth-order valence-corrected chi connectivity index (χ4v) is 1.48. The van der Waals surface area contributed by atoms with E-state index in [0.29, 0.717) is 12.6 Å². The fraction of sp³-hybridized carbons (Fsp3) is 1.00. The summed E-state index contributed by atoms with van der Waals surface area (Å²) in [6, 6.07) is 0.597. The quantitative estimate of drug-likeness (QED) is 0.554. The normalized spacial score (nSPS) is 13.3. The highest BCUT2D eigenvalue weighted by Gasteiger charge is 2.02. The third kappa shape index (κ3) is 12.0. The van der Waals surface area contributed by atoms with Gasteiger partial charge in [0.2, 0.25) is 0 Å². The second-order valence-corrected chi connectivity index (χ2v) is 4.77. The first-order valence-electron chi connectivity index (χ1n) is 6.47. The van der Waals surface area contributed by atoms with E-state index in [1.54, 1.807) is 7.11 Å². The minimum atomic E-state index is 0.597. The summed E-state index contributed by atoms with van der Waals surface area (Å²) in [5.41, 5.74) is 0. The summed E-state index contributed by atoms with van der Waals surface area (Å²) in [7, 11) is 1.70. The number of hydrogen-bond donors (Lipinski definition) is 1. The van der Waals surface area contributed by atoms with Crippen LogP contribution < -0.4 is 5.32 Å². The highest BCUT2D eigenvalue weighted by molar-refractivity contribution is 4.60. The maximum absolute atomic E-state index is 5.41. The number of unbranched alkanes of at least 4 members (excludes halogenated alkanes) is 1. The molecule has 0 saturated heterocycles. The summed E-state index contributed by atoms with van der Waals surface area (Å²) < 4.78 is 10.3. The van der Waals surface area contributed by atoms with Crippen molar-refractivity contribution in [2.45, 2.75) is 46.1 Å². The smallest absolute Gasteiger partial charge is 0.0700 e. The van der Waals surface area contributed by atoms with Crippen molar-refractivity contribution >= 4 is 0 Å². The topological polar surface area (TPSA) is 30.5 Å². The van der Waals surface area contributed by atoms with Crippen molar-refractivity contribution in [1.82, 2.24) is 5.32 Å². The molecule has 0 amide bonds. The molecule has 3 nitrogen and oxygen atoms in total. The molecule has 0 radical (unpaired) electrons. The SMILES string of the molecule is COCCOCCCCC(C)CNC(C)C. The fourth-order valence-electron chi connectivity index (χ4n) is 1.48. The van der Waals surface area contributed by atoms with Gasteiger partial charge in [-0.05, 0) is 25.3 Å². The summed E-state index contributed by atoms with van der Waals surface area (Å²) in [4.78, 5) is 0. The zero-order valence-corrected chi connectivity index (χ0v) is 11.4. The lowest BCUT2D eigenvalue weighted by atomic mass is 10.0. The van der Waals surface area contributed by atoms with Crippen LogP contribution in [0.5, 0.6) is 0 Å². The summed E-state index contributed by atoms with van der Waals surface area (Å²) >= 11 is 0. The highest BCUT2D eigenvalue weighted by atomic mass is 16.5. The van der Waals surface area contributed by atoms with Crippen molar-refractivity contribution in [3.63, 3.8) is 0 Å². The first-order valence-corrected chi connectivity index (χ1v) is 6.47. The van der Waals surface area contributed by atoms with Crippen LogP contribution in [0.1, 0.15) is 40.0 Å². The van der Waals surface area contributed by atoms with Crippen molar-refractivity contribution in [1.29, 1.82) is 0 Å². The van der Waals surface area contributed by atoms with Crippen LogP contribution >= 0.6 is 0 Å². The zero-order chi connectivity index (χ0) is 12.2. The largest absolute Gasteiger partial charge is 0.382 e. The lowest BCUT2D eigenvalue weighted by Crippen LogP contribution is -2.27. The van der Waals surface area contributed by atoms with Crippen molar-refractivity contribution in [3.05, 3.63) is 0 Å². The van der Waals surface area contributed by atoms with Gasteiger partial charge in [-0.2, -0.15) is 0 Å². The minimum Gasteiger partial charge on any atom is -0.382 e. The Morgan fingerprint density at radius 2 is 1.75 bits per heavy atom. The number of rotatable bonds is 11. The third-order valence-electron chi connectivity index (χ3n) is 2.54. The van der Waals surface area contributed by atoms with Crippen LogP contribution in [0, 0.1) is 5.92 Å². The van der Waals surface area contributed by atoms with Gasteiger partial charge in [-0.15, -0.1) is 0 Å². The van der Waals surface area contributed by atoms with E-state index >= 15 is 0 Å². The molecule has 0 spiro atoms. The van der Waals surface area contributed by atoms with Gasteiger partial charge in [-0.1, -0.05) is 27.2 Å². The number of nitrogens with one attached hydrogen (secondary N) is 1. The Morgan fingerprint density at radius 1 is 1.00 bits per heavy atom. The molecule has 98 valence electrons. The van der Waals surface area contributed by atoms with Crippen LogP contribution in [0.2, 0.25) is 0 Å². The second-order valence-electron chi connectivity index (χ2n) is 4.77. The average Bonchev–Trinajstić information content (AvgIpc) is 2.25. The van der Waals surface area contributed by atoms with Crippen LogP contribution in [0.4, 0.5) is 0 Å². The first kappa shape index (κ1) is 15.9. The molecule has 0 fully saturated rings. The van der Waals surface area contributed by atoms with E-state index in [9.17, 15) is 0 Å². The molecule has 0 heterocycles. The molecule has 1 N–H and O–H groups in total. The van der Waals surface area contributed by atoms with Gasteiger partial charge < -0.3 is 14.8 Å². The van der Waals surface area contributed by atoms with Crippen LogP contribution in [-0.2, 0) is 9.47 Å². The molecule has 1 atom stereocenters. The highest BCUT2D eigenvalue weighted by Crippen LogP contribution is 2.07. The lowest BCUT2D eigenvalue weighted by molar-refractivity contribution is 0.0682. The molecule has 3 heteroatoms.